The Bertz CT molecular complexity index is 215. The topological polar surface area (TPSA) is 56.0 Å². The number of aliphatic hydroxyl groups excluding tert-OH is 1. The Balaban J connectivity index is 4.04. The van der Waals surface area contributed by atoms with E-state index in [0.29, 0.717) is 11.3 Å². The van der Waals surface area contributed by atoms with E-state index < -0.39 is 5.54 Å². The van der Waals surface area contributed by atoms with Crippen molar-refractivity contribution in [3.63, 3.8) is 0 Å². The zero-order chi connectivity index (χ0) is 11.9. The highest BCUT2D eigenvalue weighted by molar-refractivity contribution is 7.99. The molecule has 3 nitrogen and oxygen atoms in total. The molecule has 0 amide bonds. The van der Waals surface area contributed by atoms with Crippen LogP contribution in [0.3, 0.4) is 0 Å². The molecule has 15 heavy (non-hydrogen) atoms. The van der Waals surface area contributed by atoms with Crippen LogP contribution in [0.25, 0.3) is 0 Å². The van der Waals surface area contributed by atoms with E-state index in [1.807, 2.05) is 20.8 Å². The van der Waals surface area contributed by atoms with Crippen molar-refractivity contribution < 1.29 is 5.11 Å². The molecular weight excluding hydrogens is 208 g/mol. The Kier molecular flexibility index (Phi) is 6.99. The zero-order valence-electron chi connectivity index (χ0n) is 10.1. The van der Waals surface area contributed by atoms with Crippen LogP contribution in [0, 0.1) is 11.3 Å². The van der Waals surface area contributed by atoms with Gasteiger partial charge in [0.1, 0.15) is 5.54 Å². The Morgan fingerprint density at radius 2 is 2.07 bits per heavy atom. The largest absolute Gasteiger partial charge is 0.396 e. The third kappa shape index (κ3) is 6.77. The Hall–Kier alpha value is -0.240. The van der Waals surface area contributed by atoms with Crippen molar-refractivity contribution in [2.24, 2.45) is 0 Å². The zero-order valence-corrected chi connectivity index (χ0v) is 10.9. The van der Waals surface area contributed by atoms with Crippen molar-refractivity contribution >= 4 is 11.8 Å². The maximum absolute atomic E-state index is 9.10. The summed E-state index contributed by atoms with van der Waals surface area (Å²) in [4.78, 5) is 0. The molecule has 0 spiro atoms. The Morgan fingerprint density at radius 3 is 2.47 bits per heavy atom. The van der Waals surface area contributed by atoms with Crippen molar-refractivity contribution in [1.29, 1.82) is 5.26 Å². The summed E-state index contributed by atoms with van der Waals surface area (Å²) in [5.41, 5.74) is -0.470. The molecule has 0 heterocycles. The van der Waals surface area contributed by atoms with Crippen LogP contribution in [0.1, 0.15) is 34.1 Å². The number of nitrogens with zero attached hydrogens (tertiary/aromatic N) is 1. The summed E-state index contributed by atoms with van der Waals surface area (Å²) < 4.78 is 0. The molecule has 2 unspecified atom stereocenters. The number of thioether (sulfide) groups is 1. The highest BCUT2D eigenvalue weighted by atomic mass is 32.2. The van der Waals surface area contributed by atoms with Crippen LogP contribution in [0.4, 0.5) is 0 Å². The minimum Gasteiger partial charge on any atom is -0.396 e. The molecule has 0 aliphatic carbocycles. The first-order chi connectivity index (χ1) is 6.93. The van der Waals surface area contributed by atoms with Crippen molar-refractivity contribution in [2.75, 3.05) is 12.4 Å². The highest BCUT2D eigenvalue weighted by Crippen LogP contribution is 2.20. The summed E-state index contributed by atoms with van der Waals surface area (Å²) in [6.07, 6.45) is 0.786. The lowest BCUT2D eigenvalue weighted by molar-refractivity contribution is 0.288. The van der Waals surface area contributed by atoms with Gasteiger partial charge in [-0.15, -0.1) is 0 Å². The summed E-state index contributed by atoms with van der Waals surface area (Å²) >= 11 is 1.73. The molecule has 2 N–H and O–H groups in total. The van der Waals surface area contributed by atoms with Gasteiger partial charge in [0.15, 0.2) is 0 Å². The monoisotopic (exact) mass is 230 g/mol. The van der Waals surface area contributed by atoms with E-state index >= 15 is 0 Å². The van der Waals surface area contributed by atoms with Crippen LogP contribution in [0.15, 0.2) is 0 Å². The Morgan fingerprint density at radius 1 is 1.47 bits per heavy atom. The van der Waals surface area contributed by atoms with Crippen molar-refractivity contribution in [2.45, 2.75) is 50.9 Å². The molecule has 0 bridgehead atoms. The van der Waals surface area contributed by atoms with Crippen LogP contribution in [-0.2, 0) is 0 Å². The molecule has 0 aromatic rings. The normalized spacial score (nSPS) is 17.1. The average molecular weight is 230 g/mol. The molecule has 4 heteroatoms. The first-order valence-corrected chi connectivity index (χ1v) is 6.40. The quantitative estimate of drug-likeness (QED) is 0.700. The molecule has 0 aliphatic rings. The minimum atomic E-state index is -0.470. The van der Waals surface area contributed by atoms with E-state index in [4.69, 9.17) is 10.4 Å². The van der Waals surface area contributed by atoms with E-state index in [0.717, 1.165) is 12.2 Å². The maximum Gasteiger partial charge on any atom is 0.113 e. The van der Waals surface area contributed by atoms with Gasteiger partial charge in [0.2, 0.25) is 0 Å². The summed E-state index contributed by atoms with van der Waals surface area (Å²) in [6.45, 7) is 8.30. The summed E-state index contributed by atoms with van der Waals surface area (Å²) in [5, 5.41) is 21.5. The molecule has 0 aromatic carbocycles. The predicted molar refractivity (Wildman–Crippen MR) is 65.9 cm³/mol. The molecule has 0 rings (SSSR count). The van der Waals surface area contributed by atoms with Crippen LogP contribution in [0.2, 0.25) is 0 Å². The van der Waals surface area contributed by atoms with Gasteiger partial charge in [0.05, 0.1) is 6.07 Å². The van der Waals surface area contributed by atoms with Crippen LogP contribution >= 0.6 is 11.8 Å². The van der Waals surface area contributed by atoms with Crippen molar-refractivity contribution in [1.82, 2.24) is 5.32 Å². The molecule has 0 aliphatic heterocycles. The van der Waals surface area contributed by atoms with E-state index in [9.17, 15) is 0 Å². The van der Waals surface area contributed by atoms with Gasteiger partial charge in [-0.2, -0.15) is 17.0 Å². The predicted octanol–water partition coefficient (Wildman–Crippen LogP) is 1.77. The van der Waals surface area contributed by atoms with Crippen LogP contribution in [0.5, 0.6) is 0 Å². The first-order valence-electron chi connectivity index (χ1n) is 5.35. The third-order valence-corrected chi connectivity index (χ3v) is 3.59. The second kappa shape index (κ2) is 7.10. The van der Waals surface area contributed by atoms with Crippen molar-refractivity contribution in [3.8, 4) is 6.07 Å². The molecule has 2 atom stereocenters. The lowest BCUT2D eigenvalue weighted by Crippen LogP contribution is -2.47. The highest BCUT2D eigenvalue weighted by Gasteiger charge is 2.25. The van der Waals surface area contributed by atoms with E-state index in [1.54, 1.807) is 11.8 Å². The number of nitrogens with one attached hydrogen (secondary N) is 1. The van der Waals surface area contributed by atoms with E-state index in [-0.39, 0.29) is 6.61 Å². The van der Waals surface area contributed by atoms with Crippen LogP contribution in [-0.4, -0.2) is 34.3 Å². The second-order valence-electron chi connectivity index (χ2n) is 4.38. The molecular formula is C11H22N2OS. The number of hydrogen-bond donors (Lipinski definition) is 2. The smallest absolute Gasteiger partial charge is 0.113 e. The summed E-state index contributed by atoms with van der Waals surface area (Å²) in [6, 6.07) is 2.62. The van der Waals surface area contributed by atoms with Gasteiger partial charge >= 0.3 is 0 Å². The SMILES string of the molecule is CC(C)NC(C)(C#N)CSC(C)CCO. The molecule has 0 fully saturated rings. The number of rotatable bonds is 7. The Labute approximate surface area is 97.2 Å². The lowest BCUT2D eigenvalue weighted by Gasteiger charge is -2.26. The van der Waals surface area contributed by atoms with E-state index in [1.165, 1.54) is 0 Å². The molecule has 0 saturated carbocycles. The molecule has 0 saturated heterocycles. The fraction of sp³-hybridized carbons (Fsp3) is 0.909. The average Bonchev–Trinajstić information content (AvgIpc) is 2.14. The minimum absolute atomic E-state index is 0.217. The van der Waals surface area contributed by atoms with Gasteiger partial charge in [-0.1, -0.05) is 6.92 Å². The van der Waals surface area contributed by atoms with E-state index in [2.05, 4.69) is 18.3 Å². The molecule has 88 valence electrons. The fourth-order valence-corrected chi connectivity index (χ4v) is 2.36. The molecule has 0 aromatic heterocycles. The van der Waals surface area contributed by atoms with Gasteiger partial charge in [0, 0.05) is 23.7 Å². The molecule has 0 radical (unpaired) electrons. The standard InChI is InChI=1S/C11H22N2OS/c1-9(2)13-11(4,7-12)8-15-10(3)5-6-14/h9-10,13-14H,5-6,8H2,1-4H3. The van der Waals surface area contributed by atoms with Gasteiger partial charge in [-0.25, -0.2) is 0 Å². The van der Waals surface area contributed by atoms with Gasteiger partial charge in [0.25, 0.3) is 0 Å². The summed E-state index contributed by atoms with van der Waals surface area (Å²) in [7, 11) is 0. The first kappa shape index (κ1) is 14.8. The summed E-state index contributed by atoms with van der Waals surface area (Å²) in [5.74, 6) is 0.753. The van der Waals surface area contributed by atoms with Gasteiger partial charge < -0.3 is 5.11 Å². The third-order valence-electron chi connectivity index (χ3n) is 2.05. The number of nitriles is 1. The number of aliphatic hydroxyl groups is 1. The lowest BCUT2D eigenvalue weighted by atomic mass is 10.1. The van der Waals surface area contributed by atoms with Gasteiger partial charge in [-0.05, 0) is 27.2 Å². The van der Waals surface area contributed by atoms with Crippen molar-refractivity contribution in [3.05, 3.63) is 0 Å². The van der Waals surface area contributed by atoms with Gasteiger partial charge in [-0.3, -0.25) is 5.32 Å². The number of hydrogen-bond acceptors (Lipinski definition) is 4. The van der Waals surface area contributed by atoms with Crippen LogP contribution < -0.4 is 5.32 Å². The fourth-order valence-electron chi connectivity index (χ4n) is 1.32. The maximum atomic E-state index is 9.10. The second-order valence-corrected chi connectivity index (χ2v) is 5.80.